The van der Waals surface area contributed by atoms with E-state index in [1.165, 1.54) is 0 Å². The van der Waals surface area contributed by atoms with Crippen LogP contribution in [-0.2, 0) is 9.59 Å². The molecule has 2 unspecified atom stereocenters. The fraction of sp³-hybridized carbons (Fsp3) is 0.889. The van der Waals surface area contributed by atoms with E-state index in [4.69, 9.17) is 5.73 Å². The number of nitrogens with one attached hydrogen (secondary N) is 2. The van der Waals surface area contributed by atoms with Gasteiger partial charge in [0.25, 0.3) is 0 Å². The van der Waals surface area contributed by atoms with Gasteiger partial charge in [0, 0.05) is 31.2 Å². The Morgan fingerprint density at radius 2 is 1.81 bits per heavy atom. The van der Waals surface area contributed by atoms with Crippen LogP contribution in [0.2, 0.25) is 0 Å². The number of piperidine rings is 1. The fourth-order valence-electron chi connectivity index (χ4n) is 3.85. The van der Waals surface area contributed by atoms with Crippen LogP contribution in [0.1, 0.15) is 58.8 Å². The second kappa shape index (κ2) is 12.0. The van der Waals surface area contributed by atoms with Crippen molar-refractivity contribution in [2.24, 2.45) is 11.7 Å². The molecule has 1 aliphatic carbocycles. The molecule has 0 aromatic rings. The zero-order chi connectivity index (χ0) is 17.6. The third kappa shape index (κ3) is 7.59. The maximum atomic E-state index is 12.6. The number of carbonyl (C=O) groups excluding carboxylic acids is 2. The number of hydrogen-bond donors (Lipinski definition) is 3. The van der Waals surface area contributed by atoms with Gasteiger partial charge in [0.1, 0.15) is 0 Å². The van der Waals surface area contributed by atoms with Gasteiger partial charge in [-0.2, -0.15) is 0 Å². The lowest BCUT2D eigenvalue weighted by Gasteiger charge is -2.39. The van der Waals surface area contributed by atoms with Crippen LogP contribution in [-0.4, -0.2) is 54.5 Å². The molecule has 0 bridgehead atoms. The average Bonchev–Trinajstić information content (AvgIpc) is 2.54. The Morgan fingerprint density at radius 3 is 2.38 bits per heavy atom. The van der Waals surface area contributed by atoms with E-state index in [1.54, 1.807) is 0 Å². The molecule has 0 spiro atoms. The van der Waals surface area contributed by atoms with Crippen LogP contribution >= 0.6 is 24.8 Å². The van der Waals surface area contributed by atoms with Crippen molar-refractivity contribution in [3.63, 3.8) is 0 Å². The van der Waals surface area contributed by atoms with Crippen molar-refractivity contribution in [1.82, 2.24) is 15.5 Å². The maximum Gasteiger partial charge on any atom is 0.234 e. The predicted octanol–water partition coefficient (Wildman–Crippen LogP) is 1.84. The summed E-state index contributed by atoms with van der Waals surface area (Å²) in [5, 5.41) is 6.12. The number of hydrogen-bond acceptors (Lipinski definition) is 4. The number of amides is 2. The molecule has 0 aromatic heterocycles. The first-order chi connectivity index (χ1) is 11.4. The summed E-state index contributed by atoms with van der Waals surface area (Å²) < 4.78 is 0. The Morgan fingerprint density at radius 1 is 1.15 bits per heavy atom. The van der Waals surface area contributed by atoms with Crippen molar-refractivity contribution in [3.8, 4) is 0 Å². The molecule has 2 fully saturated rings. The average molecular weight is 411 g/mol. The van der Waals surface area contributed by atoms with Crippen LogP contribution in [0.15, 0.2) is 0 Å². The molecule has 6 nitrogen and oxygen atoms in total. The van der Waals surface area contributed by atoms with E-state index >= 15 is 0 Å². The normalized spacial score (nSPS) is 27.0. The molecule has 2 amide bonds. The summed E-state index contributed by atoms with van der Waals surface area (Å²) in [6.07, 6.45) is 6.81. The van der Waals surface area contributed by atoms with E-state index in [-0.39, 0.29) is 54.1 Å². The van der Waals surface area contributed by atoms with Gasteiger partial charge in [-0.05, 0) is 39.0 Å². The van der Waals surface area contributed by atoms with Crippen molar-refractivity contribution in [3.05, 3.63) is 0 Å². The second-order valence-corrected chi connectivity index (χ2v) is 7.71. The largest absolute Gasteiger partial charge is 0.355 e. The minimum Gasteiger partial charge on any atom is -0.355 e. The molecule has 26 heavy (non-hydrogen) atoms. The highest BCUT2D eigenvalue weighted by Crippen LogP contribution is 2.31. The van der Waals surface area contributed by atoms with Crippen molar-refractivity contribution < 1.29 is 9.59 Å². The van der Waals surface area contributed by atoms with Crippen molar-refractivity contribution >= 4 is 36.6 Å². The maximum absolute atomic E-state index is 12.6. The highest BCUT2D eigenvalue weighted by Gasteiger charge is 2.38. The lowest BCUT2D eigenvalue weighted by atomic mass is 9.74. The third-order valence-corrected chi connectivity index (χ3v) is 5.44. The summed E-state index contributed by atoms with van der Waals surface area (Å²) in [5.74, 6) is 0.156. The fourth-order valence-corrected chi connectivity index (χ4v) is 3.85. The van der Waals surface area contributed by atoms with Gasteiger partial charge in [-0.3, -0.25) is 14.5 Å². The van der Waals surface area contributed by atoms with Gasteiger partial charge in [0.05, 0.1) is 12.5 Å². The molecule has 1 saturated carbocycles. The molecule has 154 valence electrons. The van der Waals surface area contributed by atoms with Crippen LogP contribution in [0.25, 0.3) is 0 Å². The summed E-state index contributed by atoms with van der Waals surface area (Å²) in [4.78, 5) is 26.5. The molecular weight excluding hydrogens is 375 g/mol. The first-order valence-corrected chi connectivity index (χ1v) is 9.50. The number of nitrogens with two attached hydrogens (primary N) is 1. The quantitative estimate of drug-likeness (QED) is 0.623. The van der Waals surface area contributed by atoms with Crippen molar-refractivity contribution in [2.45, 2.75) is 70.4 Å². The molecule has 2 aliphatic rings. The van der Waals surface area contributed by atoms with Crippen LogP contribution in [0, 0.1) is 5.92 Å². The van der Waals surface area contributed by atoms with Crippen LogP contribution in [0.4, 0.5) is 0 Å². The third-order valence-electron chi connectivity index (χ3n) is 5.44. The van der Waals surface area contributed by atoms with Gasteiger partial charge in [-0.1, -0.05) is 19.8 Å². The Hall–Kier alpha value is -0.560. The van der Waals surface area contributed by atoms with E-state index in [2.05, 4.69) is 15.5 Å². The summed E-state index contributed by atoms with van der Waals surface area (Å²) in [6.45, 7) is 6.97. The summed E-state index contributed by atoms with van der Waals surface area (Å²) in [6, 6.07) is 0.213. The van der Waals surface area contributed by atoms with Gasteiger partial charge in [-0.25, -0.2) is 0 Å². The highest BCUT2D eigenvalue weighted by molar-refractivity contribution is 5.85. The number of rotatable bonds is 6. The van der Waals surface area contributed by atoms with E-state index in [1.807, 2.05) is 13.8 Å². The molecule has 1 heterocycles. The van der Waals surface area contributed by atoms with Crippen molar-refractivity contribution in [1.29, 1.82) is 0 Å². The van der Waals surface area contributed by atoms with E-state index in [0.717, 1.165) is 64.6 Å². The smallest absolute Gasteiger partial charge is 0.234 e. The summed E-state index contributed by atoms with van der Waals surface area (Å²) >= 11 is 0. The summed E-state index contributed by atoms with van der Waals surface area (Å²) in [5.41, 5.74) is 5.96. The lowest BCUT2D eigenvalue weighted by molar-refractivity contribution is -0.129. The molecule has 0 aromatic carbocycles. The van der Waals surface area contributed by atoms with Crippen LogP contribution < -0.4 is 16.4 Å². The molecule has 4 N–H and O–H groups in total. The van der Waals surface area contributed by atoms with E-state index < -0.39 is 0 Å². The molecule has 8 heteroatoms. The topological polar surface area (TPSA) is 87.5 Å². The van der Waals surface area contributed by atoms with E-state index in [9.17, 15) is 9.59 Å². The Bertz CT molecular complexity index is 441. The summed E-state index contributed by atoms with van der Waals surface area (Å²) in [7, 11) is 0. The van der Waals surface area contributed by atoms with Gasteiger partial charge in [0.2, 0.25) is 11.8 Å². The van der Waals surface area contributed by atoms with Crippen LogP contribution in [0.3, 0.4) is 0 Å². The zero-order valence-corrected chi connectivity index (χ0v) is 17.7. The lowest BCUT2D eigenvalue weighted by Crippen LogP contribution is -2.55. The number of carbonyl (C=O) groups is 2. The Kier molecular flexibility index (Phi) is 11.7. The van der Waals surface area contributed by atoms with Gasteiger partial charge in [-0.15, -0.1) is 24.8 Å². The Labute approximate surface area is 170 Å². The predicted molar refractivity (Wildman–Crippen MR) is 110 cm³/mol. The minimum absolute atomic E-state index is 0. The molecule has 1 saturated heterocycles. The SMILES string of the molecule is CCCNC(=O)CN1CCC(NC(=O)C2CCCCC2(C)N)CC1.Cl.Cl. The molecular formula is C18H36Cl2N4O2. The second-order valence-electron chi connectivity index (χ2n) is 7.71. The zero-order valence-electron chi connectivity index (χ0n) is 16.1. The highest BCUT2D eigenvalue weighted by atomic mass is 35.5. The number of nitrogens with zero attached hydrogens (tertiary/aromatic N) is 1. The molecule has 0 radical (unpaired) electrons. The van der Waals surface area contributed by atoms with Gasteiger partial charge < -0.3 is 16.4 Å². The first kappa shape index (κ1) is 25.4. The molecule has 2 rings (SSSR count). The first-order valence-electron chi connectivity index (χ1n) is 9.50. The number of likely N-dealkylation sites (tertiary alicyclic amines) is 1. The Balaban J connectivity index is 0.00000312. The molecule has 1 aliphatic heterocycles. The minimum atomic E-state index is -0.375. The van der Waals surface area contributed by atoms with Crippen molar-refractivity contribution in [2.75, 3.05) is 26.2 Å². The van der Waals surface area contributed by atoms with Gasteiger partial charge in [0.15, 0.2) is 0 Å². The van der Waals surface area contributed by atoms with Gasteiger partial charge >= 0.3 is 0 Å². The van der Waals surface area contributed by atoms with E-state index in [0.29, 0.717) is 6.54 Å². The monoisotopic (exact) mass is 410 g/mol. The standard InChI is InChI=1S/C18H34N4O2.2ClH/c1-3-10-20-16(23)13-22-11-7-14(8-12-22)21-17(24)15-6-4-5-9-18(15,2)19;;/h14-15H,3-13,19H2,1-2H3,(H,20,23)(H,21,24);2*1H. The molecule has 2 atom stereocenters. The number of halogens is 2. The van der Waals surface area contributed by atoms with Crippen LogP contribution in [0.5, 0.6) is 0 Å².